The molecule has 0 amide bonds. The standard InChI is InChI=1S/C18H13ClF3N3OS2/c19-14-7-3-12(4-8-14)10-28-17-24-15(26)23-16(25-17)27-9-11-1-5-13(6-2-11)18(20,21)22/h1-8H,9-10H2,(H,23,24,25,26). The molecule has 1 N–H and O–H groups in total. The van der Waals surface area contributed by atoms with Gasteiger partial charge in [-0.3, -0.25) is 4.98 Å². The zero-order valence-electron chi connectivity index (χ0n) is 14.2. The molecule has 0 unspecified atom stereocenters. The molecule has 28 heavy (non-hydrogen) atoms. The van der Waals surface area contributed by atoms with Crippen LogP contribution in [0.1, 0.15) is 16.7 Å². The highest BCUT2D eigenvalue weighted by Gasteiger charge is 2.29. The monoisotopic (exact) mass is 443 g/mol. The number of thioether (sulfide) groups is 2. The zero-order chi connectivity index (χ0) is 20.1. The van der Waals surface area contributed by atoms with Gasteiger partial charge in [0, 0.05) is 16.5 Å². The summed E-state index contributed by atoms with van der Waals surface area (Å²) in [6, 6.07) is 12.2. The second kappa shape index (κ2) is 9.02. The molecule has 0 saturated carbocycles. The molecular weight excluding hydrogens is 431 g/mol. The number of hydrogen-bond donors (Lipinski definition) is 1. The number of H-pyrrole nitrogens is 1. The molecule has 4 nitrogen and oxygen atoms in total. The summed E-state index contributed by atoms with van der Waals surface area (Å²) in [6.45, 7) is 0. The molecule has 0 aliphatic carbocycles. The summed E-state index contributed by atoms with van der Waals surface area (Å²) in [5, 5.41) is 1.33. The Kier molecular flexibility index (Phi) is 6.69. The average molecular weight is 444 g/mol. The number of halogens is 4. The molecule has 0 aliphatic rings. The smallest absolute Gasteiger partial charge is 0.285 e. The van der Waals surface area contributed by atoms with Crippen molar-refractivity contribution in [3.8, 4) is 0 Å². The van der Waals surface area contributed by atoms with Crippen LogP contribution in [0.2, 0.25) is 5.02 Å². The summed E-state index contributed by atoms with van der Waals surface area (Å²) in [5.74, 6) is 0.940. The largest absolute Gasteiger partial charge is 0.416 e. The molecule has 1 heterocycles. The van der Waals surface area contributed by atoms with E-state index in [9.17, 15) is 18.0 Å². The van der Waals surface area contributed by atoms with Crippen molar-refractivity contribution < 1.29 is 13.2 Å². The summed E-state index contributed by atoms with van der Waals surface area (Å²) in [4.78, 5) is 22.4. The fraction of sp³-hybridized carbons (Fsp3) is 0.167. The van der Waals surface area contributed by atoms with E-state index in [0.29, 0.717) is 32.4 Å². The Morgan fingerprint density at radius 1 is 0.893 bits per heavy atom. The minimum absolute atomic E-state index is 0.327. The van der Waals surface area contributed by atoms with Crippen molar-refractivity contribution >= 4 is 35.1 Å². The van der Waals surface area contributed by atoms with E-state index in [4.69, 9.17) is 11.6 Å². The van der Waals surface area contributed by atoms with Crippen molar-refractivity contribution in [1.82, 2.24) is 15.0 Å². The van der Waals surface area contributed by atoms with Gasteiger partial charge in [0.05, 0.1) is 5.56 Å². The molecule has 2 aromatic carbocycles. The van der Waals surface area contributed by atoms with Crippen LogP contribution in [0.25, 0.3) is 0 Å². The van der Waals surface area contributed by atoms with Gasteiger partial charge < -0.3 is 0 Å². The molecule has 0 radical (unpaired) electrons. The van der Waals surface area contributed by atoms with Crippen LogP contribution in [0.5, 0.6) is 0 Å². The lowest BCUT2D eigenvalue weighted by Crippen LogP contribution is -2.13. The highest BCUT2D eigenvalue weighted by molar-refractivity contribution is 7.99. The van der Waals surface area contributed by atoms with Gasteiger partial charge in [0.15, 0.2) is 10.3 Å². The molecule has 0 atom stereocenters. The van der Waals surface area contributed by atoms with Gasteiger partial charge in [-0.15, -0.1) is 0 Å². The molecule has 0 fully saturated rings. The molecule has 3 aromatic rings. The van der Waals surface area contributed by atoms with E-state index in [1.807, 2.05) is 12.1 Å². The van der Waals surface area contributed by atoms with Gasteiger partial charge in [-0.1, -0.05) is 59.4 Å². The van der Waals surface area contributed by atoms with Gasteiger partial charge in [-0.05, 0) is 35.4 Å². The third kappa shape index (κ3) is 6.02. The van der Waals surface area contributed by atoms with Crippen molar-refractivity contribution in [3.05, 3.63) is 80.7 Å². The van der Waals surface area contributed by atoms with E-state index in [-0.39, 0.29) is 0 Å². The number of benzene rings is 2. The maximum Gasteiger partial charge on any atom is 0.416 e. The van der Waals surface area contributed by atoms with Crippen molar-refractivity contribution in [2.24, 2.45) is 0 Å². The lowest BCUT2D eigenvalue weighted by atomic mass is 10.1. The number of alkyl halides is 3. The number of hydrogen-bond acceptors (Lipinski definition) is 5. The Labute approximate surface area is 172 Å². The summed E-state index contributed by atoms with van der Waals surface area (Å²) in [5.41, 5.74) is 0.478. The number of rotatable bonds is 6. The first-order valence-corrected chi connectivity index (χ1v) is 10.3. The van der Waals surface area contributed by atoms with Gasteiger partial charge in [0.1, 0.15) is 0 Å². The molecule has 0 spiro atoms. The maximum atomic E-state index is 12.6. The molecule has 10 heteroatoms. The van der Waals surface area contributed by atoms with Crippen molar-refractivity contribution in [2.75, 3.05) is 0 Å². The van der Waals surface area contributed by atoms with Crippen LogP contribution in [0.4, 0.5) is 13.2 Å². The van der Waals surface area contributed by atoms with Crippen LogP contribution in [-0.2, 0) is 17.7 Å². The van der Waals surface area contributed by atoms with Crippen molar-refractivity contribution in [3.63, 3.8) is 0 Å². The molecule has 0 aliphatic heterocycles. The Morgan fingerprint density at radius 2 is 1.46 bits per heavy atom. The van der Waals surface area contributed by atoms with Crippen LogP contribution in [0.3, 0.4) is 0 Å². The van der Waals surface area contributed by atoms with Crippen molar-refractivity contribution in [2.45, 2.75) is 28.0 Å². The molecule has 3 rings (SSSR count). The quantitative estimate of drug-likeness (QED) is 0.515. The highest BCUT2D eigenvalue weighted by atomic mass is 35.5. The number of aromatic amines is 1. The summed E-state index contributed by atoms with van der Waals surface area (Å²) in [6.07, 6.45) is -4.36. The van der Waals surface area contributed by atoms with E-state index in [1.165, 1.54) is 35.7 Å². The summed E-state index contributed by atoms with van der Waals surface area (Å²) < 4.78 is 37.8. The van der Waals surface area contributed by atoms with E-state index in [2.05, 4.69) is 15.0 Å². The van der Waals surface area contributed by atoms with Crippen LogP contribution in [0.15, 0.2) is 63.6 Å². The lowest BCUT2D eigenvalue weighted by molar-refractivity contribution is -0.137. The SMILES string of the molecule is O=c1nc(SCc2ccc(Cl)cc2)nc(SCc2ccc(C(F)(F)F)cc2)[nH]1. The second-order valence-electron chi connectivity index (χ2n) is 5.64. The number of aromatic nitrogens is 3. The second-order valence-corrected chi connectivity index (χ2v) is 7.98. The van der Waals surface area contributed by atoms with Crippen LogP contribution in [0, 0.1) is 0 Å². The molecule has 1 aromatic heterocycles. The number of nitrogens with zero attached hydrogens (tertiary/aromatic N) is 2. The van der Waals surface area contributed by atoms with Gasteiger partial charge in [-0.25, -0.2) is 4.79 Å². The normalized spacial score (nSPS) is 11.6. The third-order valence-electron chi connectivity index (χ3n) is 3.55. The Hall–Kier alpha value is -1.97. The Morgan fingerprint density at radius 3 is 2.07 bits per heavy atom. The zero-order valence-corrected chi connectivity index (χ0v) is 16.6. The predicted molar refractivity (Wildman–Crippen MR) is 105 cm³/mol. The fourth-order valence-electron chi connectivity index (χ4n) is 2.15. The van der Waals surface area contributed by atoms with Gasteiger partial charge >= 0.3 is 11.9 Å². The van der Waals surface area contributed by atoms with Crippen LogP contribution >= 0.6 is 35.1 Å². The predicted octanol–water partition coefficient (Wildman–Crippen LogP) is 5.42. The van der Waals surface area contributed by atoms with Gasteiger partial charge in [-0.2, -0.15) is 23.1 Å². The summed E-state index contributed by atoms with van der Waals surface area (Å²) in [7, 11) is 0. The van der Waals surface area contributed by atoms with Gasteiger partial charge in [0.25, 0.3) is 0 Å². The lowest BCUT2D eigenvalue weighted by Gasteiger charge is -2.07. The minimum Gasteiger partial charge on any atom is -0.285 e. The van der Waals surface area contributed by atoms with E-state index in [1.54, 1.807) is 12.1 Å². The first-order chi connectivity index (χ1) is 13.3. The number of nitrogens with one attached hydrogen (secondary N) is 1. The highest BCUT2D eigenvalue weighted by Crippen LogP contribution is 2.30. The fourth-order valence-corrected chi connectivity index (χ4v) is 3.93. The molecular formula is C18H13ClF3N3OS2. The van der Waals surface area contributed by atoms with Crippen molar-refractivity contribution in [1.29, 1.82) is 0 Å². The summed E-state index contributed by atoms with van der Waals surface area (Å²) >= 11 is 8.38. The molecule has 146 valence electrons. The first-order valence-electron chi connectivity index (χ1n) is 7.94. The topological polar surface area (TPSA) is 58.6 Å². The van der Waals surface area contributed by atoms with Crippen LogP contribution < -0.4 is 5.69 Å². The molecule has 0 bridgehead atoms. The van der Waals surface area contributed by atoms with Crippen LogP contribution in [-0.4, -0.2) is 15.0 Å². The minimum atomic E-state index is -4.36. The molecule has 0 saturated heterocycles. The van der Waals surface area contributed by atoms with E-state index >= 15 is 0 Å². The maximum absolute atomic E-state index is 12.6. The average Bonchev–Trinajstić information content (AvgIpc) is 2.65. The Bertz CT molecular complexity index is 993. The third-order valence-corrected chi connectivity index (χ3v) is 5.66. The van der Waals surface area contributed by atoms with E-state index in [0.717, 1.165) is 17.7 Å². The van der Waals surface area contributed by atoms with E-state index < -0.39 is 17.4 Å². The first kappa shape index (κ1) is 20.8. The van der Waals surface area contributed by atoms with Gasteiger partial charge in [0.2, 0.25) is 0 Å². The Balaban J connectivity index is 1.63.